The largest absolute Gasteiger partial charge is 0.273 e. The third kappa shape index (κ3) is 4.25. The number of carbonyl (C=O) groups excluding carboxylic acids is 1. The van der Waals surface area contributed by atoms with Crippen LogP contribution >= 0.6 is 11.3 Å². The molecule has 0 saturated carbocycles. The quantitative estimate of drug-likeness (QED) is 0.620. The van der Waals surface area contributed by atoms with E-state index in [9.17, 15) is 4.79 Å². The highest BCUT2D eigenvalue weighted by Gasteiger charge is 2.04. The monoisotopic (exact) mass is 224 g/mol. The fourth-order valence-corrected chi connectivity index (χ4v) is 1.78. The molecule has 0 spiro atoms. The number of hydrazone groups is 1. The van der Waals surface area contributed by atoms with Crippen molar-refractivity contribution in [1.82, 2.24) is 5.43 Å². The molecule has 1 aromatic heterocycles. The van der Waals surface area contributed by atoms with E-state index in [0.29, 0.717) is 12.3 Å². The number of hydrogen-bond acceptors (Lipinski definition) is 3. The van der Waals surface area contributed by atoms with Gasteiger partial charge in [0.05, 0.1) is 5.71 Å². The molecule has 3 nitrogen and oxygen atoms in total. The van der Waals surface area contributed by atoms with E-state index in [1.807, 2.05) is 38.3 Å². The van der Waals surface area contributed by atoms with Crippen LogP contribution < -0.4 is 5.43 Å². The van der Waals surface area contributed by atoms with Gasteiger partial charge < -0.3 is 0 Å². The van der Waals surface area contributed by atoms with Crippen LogP contribution in [0.2, 0.25) is 0 Å². The molecule has 1 heterocycles. The molecule has 15 heavy (non-hydrogen) atoms. The van der Waals surface area contributed by atoms with E-state index < -0.39 is 0 Å². The maximum absolute atomic E-state index is 11.3. The third-order valence-electron chi connectivity index (χ3n) is 1.82. The molecule has 0 aliphatic carbocycles. The zero-order chi connectivity index (χ0) is 11.3. The van der Waals surface area contributed by atoms with Gasteiger partial charge in [0.25, 0.3) is 0 Å². The molecule has 1 aromatic rings. The molecule has 0 bridgehead atoms. The summed E-state index contributed by atoms with van der Waals surface area (Å²) in [5, 5.41) is 6.04. The summed E-state index contributed by atoms with van der Waals surface area (Å²) in [6.07, 6.45) is 0.515. The SMILES string of the molecule is C/C(=N\NC(=O)CC(C)C)c1cccs1. The van der Waals surface area contributed by atoms with Crippen molar-refractivity contribution in [2.75, 3.05) is 0 Å². The molecule has 0 radical (unpaired) electrons. The van der Waals surface area contributed by atoms with E-state index in [0.717, 1.165) is 10.6 Å². The summed E-state index contributed by atoms with van der Waals surface area (Å²) in [5.41, 5.74) is 3.41. The Morgan fingerprint density at radius 1 is 1.60 bits per heavy atom. The molecule has 0 aromatic carbocycles. The van der Waals surface area contributed by atoms with Crippen molar-refractivity contribution >= 4 is 23.0 Å². The topological polar surface area (TPSA) is 41.5 Å². The Morgan fingerprint density at radius 3 is 2.87 bits per heavy atom. The molecule has 0 unspecified atom stereocenters. The lowest BCUT2D eigenvalue weighted by molar-refractivity contribution is -0.121. The van der Waals surface area contributed by atoms with Gasteiger partial charge in [-0.1, -0.05) is 19.9 Å². The van der Waals surface area contributed by atoms with E-state index in [1.165, 1.54) is 0 Å². The number of carbonyl (C=O) groups is 1. The normalized spacial score (nSPS) is 11.9. The van der Waals surface area contributed by atoms with Gasteiger partial charge in [-0.05, 0) is 24.3 Å². The van der Waals surface area contributed by atoms with E-state index in [1.54, 1.807) is 11.3 Å². The Labute approximate surface area is 94.2 Å². The van der Waals surface area contributed by atoms with Gasteiger partial charge in [0.1, 0.15) is 0 Å². The summed E-state index contributed by atoms with van der Waals surface area (Å²) < 4.78 is 0. The Bertz CT molecular complexity index is 341. The van der Waals surface area contributed by atoms with Gasteiger partial charge in [0, 0.05) is 11.3 Å². The minimum absolute atomic E-state index is 0.0269. The zero-order valence-electron chi connectivity index (χ0n) is 9.28. The van der Waals surface area contributed by atoms with Gasteiger partial charge in [0.15, 0.2) is 0 Å². The number of nitrogens with one attached hydrogen (secondary N) is 1. The molecule has 1 N–H and O–H groups in total. The molecule has 0 fully saturated rings. The van der Waals surface area contributed by atoms with Crippen LogP contribution in [0, 0.1) is 5.92 Å². The van der Waals surface area contributed by atoms with Crippen molar-refractivity contribution in [2.24, 2.45) is 11.0 Å². The predicted octanol–water partition coefficient (Wildman–Crippen LogP) is 2.63. The van der Waals surface area contributed by atoms with Crippen molar-refractivity contribution in [3.8, 4) is 0 Å². The molecule has 0 aliphatic rings. The first-order valence-corrected chi connectivity index (χ1v) is 5.84. The highest BCUT2D eigenvalue weighted by molar-refractivity contribution is 7.12. The number of amides is 1. The van der Waals surface area contributed by atoms with E-state index >= 15 is 0 Å². The number of hydrogen-bond donors (Lipinski definition) is 1. The fraction of sp³-hybridized carbons (Fsp3) is 0.455. The van der Waals surface area contributed by atoms with Crippen LogP contribution in [0.15, 0.2) is 22.6 Å². The van der Waals surface area contributed by atoms with Gasteiger partial charge >= 0.3 is 0 Å². The Kier molecular flexibility index (Phi) is 4.49. The first kappa shape index (κ1) is 11.9. The second-order valence-electron chi connectivity index (χ2n) is 3.81. The summed E-state index contributed by atoms with van der Waals surface area (Å²) in [5.74, 6) is 0.336. The zero-order valence-corrected chi connectivity index (χ0v) is 10.1. The van der Waals surface area contributed by atoms with Crippen molar-refractivity contribution in [1.29, 1.82) is 0 Å². The fourth-order valence-electron chi connectivity index (χ4n) is 1.10. The van der Waals surface area contributed by atoms with E-state index in [4.69, 9.17) is 0 Å². The highest BCUT2D eigenvalue weighted by Crippen LogP contribution is 2.09. The summed E-state index contributed by atoms with van der Waals surface area (Å²) in [6, 6.07) is 3.95. The summed E-state index contributed by atoms with van der Waals surface area (Å²) in [6.45, 7) is 5.91. The lowest BCUT2D eigenvalue weighted by Crippen LogP contribution is -2.20. The van der Waals surface area contributed by atoms with Gasteiger partial charge in [-0.3, -0.25) is 4.79 Å². The van der Waals surface area contributed by atoms with E-state index in [2.05, 4.69) is 10.5 Å². The van der Waals surface area contributed by atoms with Gasteiger partial charge in [-0.2, -0.15) is 5.10 Å². The van der Waals surface area contributed by atoms with E-state index in [-0.39, 0.29) is 5.91 Å². The van der Waals surface area contributed by atoms with Crippen molar-refractivity contribution in [3.63, 3.8) is 0 Å². The average molecular weight is 224 g/mol. The van der Waals surface area contributed by atoms with Crippen LogP contribution in [0.3, 0.4) is 0 Å². The molecule has 0 saturated heterocycles. The number of thiophene rings is 1. The molecule has 4 heteroatoms. The summed E-state index contributed by atoms with van der Waals surface area (Å²) in [4.78, 5) is 12.4. The van der Waals surface area contributed by atoms with Gasteiger partial charge in [-0.15, -0.1) is 11.3 Å². The first-order valence-electron chi connectivity index (χ1n) is 4.96. The summed E-state index contributed by atoms with van der Waals surface area (Å²) >= 11 is 1.61. The van der Waals surface area contributed by atoms with Crippen LogP contribution in [-0.4, -0.2) is 11.6 Å². The van der Waals surface area contributed by atoms with Gasteiger partial charge in [-0.25, -0.2) is 5.43 Å². The maximum atomic E-state index is 11.3. The second kappa shape index (κ2) is 5.66. The van der Waals surface area contributed by atoms with Crippen molar-refractivity contribution in [3.05, 3.63) is 22.4 Å². The van der Waals surface area contributed by atoms with Gasteiger partial charge in [0.2, 0.25) is 5.91 Å². The molecular formula is C11H16N2OS. The standard InChI is InChI=1S/C11H16N2OS/c1-8(2)7-11(14)13-12-9(3)10-5-4-6-15-10/h4-6,8H,7H2,1-3H3,(H,13,14)/b12-9+. The molecule has 1 rings (SSSR count). The molecular weight excluding hydrogens is 208 g/mol. The Morgan fingerprint density at radius 2 is 2.33 bits per heavy atom. The highest BCUT2D eigenvalue weighted by atomic mass is 32.1. The number of rotatable bonds is 4. The van der Waals surface area contributed by atoms with Crippen molar-refractivity contribution in [2.45, 2.75) is 27.2 Å². The lowest BCUT2D eigenvalue weighted by Gasteiger charge is -2.03. The van der Waals surface area contributed by atoms with Crippen LogP contribution in [0.25, 0.3) is 0 Å². The molecule has 1 amide bonds. The smallest absolute Gasteiger partial charge is 0.240 e. The number of nitrogens with zero attached hydrogens (tertiary/aromatic N) is 1. The van der Waals surface area contributed by atoms with Crippen LogP contribution in [0.4, 0.5) is 0 Å². The molecule has 0 atom stereocenters. The molecule has 0 aliphatic heterocycles. The maximum Gasteiger partial charge on any atom is 0.240 e. The average Bonchev–Trinajstić information content (AvgIpc) is 2.65. The lowest BCUT2D eigenvalue weighted by atomic mass is 10.1. The second-order valence-corrected chi connectivity index (χ2v) is 4.76. The van der Waals surface area contributed by atoms with Crippen LogP contribution in [-0.2, 0) is 4.79 Å². The minimum Gasteiger partial charge on any atom is -0.273 e. The van der Waals surface area contributed by atoms with Crippen LogP contribution in [0.1, 0.15) is 32.1 Å². The molecule has 82 valence electrons. The van der Waals surface area contributed by atoms with Crippen LogP contribution in [0.5, 0.6) is 0 Å². The summed E-state index contributed by atoms with van der Waals surface area (Å²) in [7, 11) is 0. The Balaban J connectivity index is 2.48. The third-order valence-corrected chi connectivity index (χ3v) is 2.80. The first-order chi connectivity index (χ1) is 7.09. The Hall–Kier alpha value is -1.16. The minimum atomic E-state index is -0.0269. The van der Waals surface area contributed by atoms with Crippen molar-refractivity contribution < 1.29 is 4.79 Å². The predicted molar refractivity (Wildman–Crippen MR) is 64.1 cm³/mol.